The van der Waals surface area contributed by atoms with Crippen LogP contribution >= 0.6 is 31.9 Å². The largest absolute Gasteiger partial charge is 0.385 e. The number of carbonyl (C=O) groups excluding carboxylic acids is 1. The molecule has 0 spiro atoms. The lowest BCUT2D eigenvalue weighted by Gasteiger charge is -2.14. The summed E-state index contributed by atoms with van der Waals surface area (Å²) < 4.78 is 6.69. The van der Waals surface area contributed by atoms with Crippen LogP contribution in [0.25, 0.3) is 0 Å². The van der Waals surface area contributed by atoms with Crippen molar-refractivity contribution in [3.8, 4) is 0 Å². The average Bonchev–Trinajstić information content (AvgIpc) is 2.26. The van der Waals surface area contributed by atoms with Crippen LogP contribution in [0.1, 0.15) is 23.7 Å². The van der Waals surface area contributed by atoms with Gasteiger partial charge in [-0.3, -0.25) is 4.79 Å². The van der Waals surface area contributed by atoms with Gasteiger partial charge < -0.3 is 10.1 Å². The number of carbonyl (C=O) groups is 1. The summed E-state index contributed by atoms with van der Waals surface area (Å²) in [5.41, 5.74) is 0.637. The van der Waals surface area contributed by atoms with Crippen molar-refractivity contribution < 1.29 is 9.53 Å². The van der Waals surface area contributed by atoms with Crippen LogP contribution in [0.5, 0.6) is 0 Å². The van der Waals surface area contributed by atoms with Crippen molar-refractivity contribution >= 4 is 37.8 Å². The quantitative estimate of drug-likeness (QED) is 0.869. The predicted molar refractivity (Wildman–Crippen MR) is 75.3 cm³/mol. The molecule has 0 bridgehead atoms. The molecule has 0 radical (unpaired) electrons. The third-order valence-electron chi connectivity index (χ3n) is 2.31. The highest BCUT2D eigenvalue weighted by Gasteiger charge is 2.12. The van der Waals surface area contributed by atoms with E-state index in [0.717, 1.165) is 15.4 Å². The van der Waals surface area contributed by atoms with Crippen LogP contribution in [0.15, 0.2) is 27.1 Å². The van der Waals surface area contributed by atoms with Gasteiger partial charge in [0.1, 0.15) is 0 Å². The Morgan fingerprint density at radius 3 is 2.76 bits per heavy atom. The molecule has 0 fully saturated rings. The van der Waals surface area contributed by atoms with E-state index in [4.69, 9.17) is 4.74 Å². The van der Waals surface area contributed by atoms with Crippen molar-refractivity contribution in [2.75, 3.05) is 13.7 Å². The number of rotatable bonds is 5. The van der Waals surface area contributed by atoms with Gasteiger partial charge in [0.05, 0.1) is 5.56 Å². The van der Waals surface area contributed by atoms with E-state index in [-0.39, 0.29) is 11.9 Å². The molecule has 0 saturated carbocycles. The lowest BCUT2D eigenvalue weighted by Crippen LogP contribution is -2.33. The molecule has 0 aliphatic heterocycles. The Balaban J connectivity index is 2.63. The van der Waals surface area contributed by atoms with Gasteiger partial charge in [-0.1, -0.05) is 15.9 Å². The molecule has 0 heterocycles. The summed E-state index contributed by atoms with van der Waals surface area (Å²) in [6.07, 6.45) is 0.802. The smallest absolute Gasteiger partial charge is 0.252 e. The molecule has 1 atom stereocenters. The average molecular weight is 365 g/mol. The van der Waals surface area contributed by atoms with Gasteiger partial charge in [-0.2, -0.15) is 0 Å². The molecule has 1 aromatic carbocycles. The van der Waals surface area contributed by atoms with Crippen LogP contribution in [0.3, 0.4) is 0 Å². The Morgan fingerprint density at radius 1 is 1.47 bits per heavy atom. The van der Waals surface area contributed by atoms with Gasteiger partial charge in [-0.15, -0.1) is 0 Å². The Hall–Kier alpha value is -0.390. The maximum atomic E-state index is 12.0. The molecule has 0 aliphatic rings. The zero-order chi connectivity index (χ0) is 12.8. The lowest BCUT2D eigenvalue weighted by molar-refractivity contribution is 0.0929. The first-order valence-electron chi connectivity index (χ1n) is 5.29. The molecule has 17 heavy (non-hydrogen) atoms. The number of ether oxygens (including phenoxy) is 1. The highest BCUT2D eigenvalue weighted by Crippen LogP contribution is 2.21. The van der Waals surface area contributed by atoms with Crippen molar-refractivity contribution in [1.29, 1.82) is 0 Å². The first-order chi connectivity index (χ1) is 8.04. The van der Waals surface area contributed by atoms with Crippen molar-refractivity contribution in [1.82, 2.24) is 5.32 Å². The van der Waals surface area contributed by atoms with Crippen molar-refractivity contribution in [2.45, 2.75) is 19.4 Å². The van der Waals surface area contributed by atoms with Crippen molar-refractivity contribution in [3.05, 3.63) is 32.7 Å². The molecule has 1 rings (SSSR count). The molecule has 0 aliphatic carbocycles. The van der Waals surface area contributed by atoms with E-state index in [1.54, 1.807) is 13.2 Å². The van der Waals surface area contributed by atoms with E-state index < -0.39 is 0 Å². The SMILES string of the molecule is COCCC(C)NC(=O)c1ccc(Br)cc1Br. The van der Waals surface area contributed by atoms with Gasteiger partial charge in [0.25, 0.3) is 5.91 Å². The van der Waals surface area contributed by atoms with E-state index in [2.05, 4.69) is 37.2 Å². The van der Waals surface area contributed by atoms with Crippen molar-refractivity contribution in [2.24, 2.45) is 0 Å². The van der Waals surface area contributed by atoms with Gasteiger partial charge >= 0.3 is 0 Å². The third kappa shape index (κ3) is 4.77. The maximum absolute atomic E-state index is 12.0. The minimum absolute atomic E-state index is 0.0759. The van der Waals surface area contributed by atoms with Crippen LogP contribution in [-0.2, 0) is 4.74 Å². The molecule has 3 nitrogen and oxygen atoms in total. The first-order valence-corrected chi connectivity index (χ1v) is 6.88. The molecule has 0 saturated heterocycles. The normalized spacial score (nSPS) is 12.2. The number of benzene rings is 1. The van der Waals surface area contributed by atoms with Crippen LogP contribution in [0.4, 0.5) is 0 Å². The van der Waals surface area contributed by atoms with E-state index >= 15 is 0 Å². The standard InChI is InChI=1S/C12H15Br2NO2/c1-8(5-6-17-2)15-12(16)10-4-3-9(13)7-11(10)14/h3-4,7-8H,5-6H2,1-2H3,(H,15,16). The molecule has 1 amide bonds. The molecular weight excluding hydrogens is 350 g/mol. The number of amides is 1. The number of halogens is 2. The molecule has 1 aromatic rings. The molecule has 0 aromatic heterocycles. The first kappa shape index (κ1) is 14.7. The molecule has 1 N–H and O–H groups in total. The lowest BCUT2D eigenvalue weighted by atomic mass is 10.2. The fourth-order valence-electron chi connectivity index (χ4n) is 1.34. The monoisotopic (exact) mass is 363 g/mol. The molecular formula is C12H15Br2NO2. The zero-order valence-corrected chi connectivity index (χ0v) is 13.0. The fourth-order valence-corrected chi connectivity index (χ4v) is 2.57. The van der Waals surface area contributed by atoms with E-state index in [9.17, 15) is 4.79 Å². The number of nitrogens with one attached hydrogen (secondary N) is 1. The van der Waals surface area contributed by atoms with Gasteiger partial charge in [0, 0.05) is 28.7 Å². The second-order valence-corrected chi connectivity index (χ2v) is 5.55. The summed E-state index contributed by atoms with van der Waals surface area (Å²) in [6, 6.07) is 5.58. The summed E-state index contributed by atoms with van der Waals surface area (Å²) >= 11 is 6.73. The summed E-state index contributed by atoms with van der Waals surface area (Å²) in [5.74, 6) is -0.0759. The number of hydrogen-bond acceptors (Lipinski definition) is 2. The Bertz CT molecular complexity index is 396. The molecule has 94 valence electrons. The highest BCUT2D eigenvalue weighted by molar-refractivity contribution is 9.11. The highest BCUT2D eigenvalue weighted by atomic mass is 79.9. The second-order valence-electron chi connectivity index (χ2n) is 3.78. The minimum atomic E-state index is -0.0759. The number of methoxy groups -OCH3 is 1. The van der Waals surface area contributed by atoms with Gasteiger partial charge in [0.15, 0.2) is 0 Å². The maximum Gasteiger partial charge on any atom is 0.252 e. The van der Waals surface area contributed by atoms with Gasteiger partial charge in [-0.25, -0.2) is 0 Å². The fraction of sp³-hybridized carbons (Fsp3) is 0.417. The summed E-state index contributed by atoms with van der Waals surface area (Å²) in [5, 5.41) is 2.93. The van der Waals surface area contributed by atoms with Gasteiger partial charge in [0.2, 0.25) is 0 Å². The molecule has 5 heteroatoms. The molecule has 1 unspecified atom stereocenters. The number of hydrogen-bond donors (Lipinski definition) is 1. The second kappa shape index (κ2) is 7.13. The third-order valence-corrected chi connectivity index (χ3v) is 3.46. The Labute approximate surface area is 118 Å². The van der Waals surface area contributed by atoms with Gasteiger partial charge in [-0.05, 0) is 47.5 Å². The van der Waals surface area contributed by atoms with Crippen LogP contribution in [0.2, 0.25) is 0 Å². The van der Waals surface area contributed by atoms with E-state index in [1.807, 2.05) is 19.1 Å². The van der Waals surface area contributed by atoms with Crippen LogP contribution in [0, 0.1) is 0 Å². The Kier molecular flexibility index (Phi) is 6.16. The van der Waals surface area contributed by atoms with E-state index in [0.29, 0.717) is 12.2 Å². The summed E-state index contributed by atoms with van der Waals surface area (Å²) in [6.45, 7) is 2.60. The van der Waals surface area contributed by atoms with E-state index in [1.165, 1.54) is 0 Å². The zero-order valence-electron chi connectivity index (χ0n) is 9.80. The van der Waals surface area contributed by atoms with Crippen LogP contribution < -0.4 is 5.32 Å². The minimum Gasteiger partial charge on any atom is -0.385 e. The topological polar surface area (TPSA) is 38.3 Å². The summed E-state index contributed by atoms with van der Waals surface area (Å²) in [7, 11) is 1.65. The predicted octanol–water partition coefficient (Wildman–Crippen LogP) is 3.37. The van der Waals surface area contributed by atoms with Crippen molar-refractivity contribution in [3.63, 3.8) is 0 Å². The summed E-state index contributed by atoms with van der Waals surface area (Å²) in [4.78, 5) is 12.0. The Morgan fingerprint density at radius 2 is 2.18 bits per heavy atom. The van der Waals surface area contributed by atoms with Crippen LogP contribution in [-0.4, -0.2) is 25.7 Å².